The van der Waals surface area contributed by atoms with Crippen LogP contribution < -0.4 is 0 Å². The van der Waals surface area contributed by atoms with E-state index in [2.05, 4.69) is 6.92 Å². The molecule has 0 aliphatic heterocycles. The Kier molecular flexibility index (Phi) is 7.63. The number of hydrogen-bond acceptors (Lipinski definition) is 3. The minimum Gasteiger partial charge on any atom is -0.394 e. The van der Waals surface area contributed by atoms with Gasteiger partial charge in [0.15, 0.2) is 0 Å². The van der Waals surface area contributed by atoms with E-state index in [4.69, 9.17) is 14.6 Å². The van der Waals surface area contributed by atoms with Gasteiger partial charge >= 0.3 is 0 Å². The number of aliphatic hydroxyl groups is 1. The van der Waals surface area contributed by atoms with E-state index in [1.165, 1.54) is 0 Å². The lowest BCUT2D eigenvalue weighted by Gasteiger charge is -2.15. The molecule has 0 bridgehead atoms. The molecule has 0 fully saturated rings. The van der Waals surface area contributed by atoms with Gasteiger partial charge in [-0.15, -0.1) is 0 Å². The van der Waals surface area contributed by atoms with Crippen molar-refractivity contribution in [3.63, 3.8) is 0 Å². The van der Waals surface area contributed by atoms with Gasteiger partial charge in [-0.25, -0.2) is 0 Å². The van der Waals surface area contributed by atoms with Gasteiger partial charge in [0.1, 0.15) is 6.10 Å². The topological polar surface area (TPSA) is 38.7 Å². The summed E-state index contributed by atoms with van der Waals surface area (Å²) < 4.78 is 11.0. The summed E-state index contributed by atoms with van der Waals surface area (Å²) in [5.74, 6) is 0. The van der Waals surface area contributed by atoms with Crippen LogP contribution in [0, 0.1) is 0 Å². The van der Waals surface area contributed by atoms with Crippen LogP contribution in [0.5, 0.6) is 0 Å². The van der Waals surface area contributed by atoms with Crippen molar-refractivity contribution in [2.45, 2.75) is 32.5 Å². The molecule has 0 saturated carbocycles. The van der Waals surface area contributed by atoms with Crippen LogP contribution in [0.4, 0.5) is 0 Å². The summed E-state index contributed by atoms with van der Waals surface area (Å²) >= 11 is 0. The molecule has 1 atom stereocenters. The normalized spacial score (nSPS) is 12.6. The third-order valence-electron chi connectivity index (χ3n) is 2.48. The average Bonchev–Trinajstić information content (AvgIpc) is 2.39. The Morgan fingerprint density at radius 2 is 2.00 bits per heavy atom. The summed E-state index contributed by atoms with van der Waals surface area (Å²) in [4.78, 5) is 0. The first kappa shape index (κ1) is 14.2. The van der Waals surface area contributed by atoms with Gasteiger partial charge in [-0.2, -0.15) is 0 Å². The molecule has 0 aromatic heterocycles. The molecule has 0 aliphatic rings. The maximum absolute atomic E-state index is 9.16. The zero-order valence-electron chi connectivity index (χ0n) is 10.5. The highest BCUT2D eigenvalue weighted by molar-refractivity contribution is 5.13. The smallest absolute Gasteiger partial charge is 0.104 e. The fourth-order valence-corrected chi connectivity index (χ4v) is 1.40. The Morgan fingerprint density at radius 3 is 2.65 bits per heavy atom. The lowest BCUT2D eigenvalue weighted by Crippen LogP contribution is -2.24. The highest BCUT2D eigenvalue weighted by Crippen LogP contribution is 2.04. The van der Waals surface area contributed by atoms with Gasteiger partial charge in [0.05, 0.1) is 19.8 Å². The van der Waals surface area contributed by atoms with E-state index in [9.17, 15) is 0 Å². The molecule has 0 unspecified atom stereocenters. The monoisotopic (exact) mass is 238 g/mol. The van der Waals surface area contributed by atoms with Gasteiger partial charge in [0.2, 0.25) is 0 Å². The molecule has 17 heavy (non-hydrogen) atoms. The standard InChI is InChI=1S/C14H22O3/c1-2-3-9-16-12-14(10-15)17-11-13-7-5-4-6-8-13/h4-8,14-15H,2-3,9-12H2,1H3/t14-/m1/s1. The van der Waals surface area contributed by atoms with Crippen molar-refractivity contribution < 1.29 is 14.6 Å². The van der Waals surface area contributed by atoms with Crippen molar-refractivity contribution in [3.8, 4) is 0 Å². The first-order valence-corrected chi connectivity index (χ1v) is 6.21. The minimum absolute atomic E-state index is 0.00103. The van der Waals surface area contributed by atoms with Gasteiger partial charge in [-0.3, -0.25) is 0 Å². The third-order valence-corrected chi connectivity index (χ3v) is 2.48. The predicted octanol–water partition coefficient (Wildman–Crippen LogP) is 2.38. The molecule has 0 aliphatic carbocycles. The molecule has 3 heteroatoms. The van der Waals surface area contributed by atoms with Crippen LogP contribution in [0.3, 0.4) is 0 Å². The second kappa shape index (κ2) is 9.16. The van der Waals surface area contributed by atoms with Crippen LogP contribution in [0.2, 0.25) is 0 Å². The van der Waals surface area contributed by atoms with E-state index < -0.39 is 0 Å². The minimum atomic E-state index is -0.230. The Hall–Kier alpha value is -0.900. The number of ether oxygens (including phenoxy) is 2. The number of unbranched alkanes of at least 4 members (excludes halogenated alkanes) is 1. The number of aliphatic hydroxyl groups excluding tert-OH is 1. The van der Waals surface area contributed by atoms with E-state index in [1.807, 2.05) is 30.3 Å². The first-order chi connectivity index (χ1) is 8.36. The summed E-state index contributed by atoms with van der Waals surface area (Å²) in [7, 11) is 0. The van der Waals surface area contributed by atoms with E-state index in [-0.39, 0.29) is 12.7 Å². The number of benzene rings is 1. The summed E-state index contributed by atoms with van der Waals surface area (Å²) in [6.07, 6.45) is 1.94. The Morgan fingerprint density at radius 1 is 1.24 bits per heavy atom. The molecule has 0 saturated heterocycles. The van der Waals surface area contributed by atoms with Crippen LogP contribution in [0.25, 0.3) is 0 Å². The van der Waals surface area contributed by atoms with Crippen LogP contribution >= 0.6 is 0 Å². The summed E-state index contributed by atoms with van der Waals surface area (Å²) in [6.45, 7) is 3.84. The van der Waals surface area contributed by atoms with Gasteiger partial charge in [0.25, 0.3) is 0 Å². The zero-order valence-corrected chi connectivity index (χ0v) is 10.5. The average molecular weight is 238 g/mol. The maximum Gasteiger partial charge on any atom is 0.104 e. The molecule has 1 N–H and O–H groups in total. The molecular formula is C14H22O3. The molecule has 0 amide bonds. The Balaban J connectivity index is 2.18. The van der Waals surface area contributed by atoms with E-state index >= 15 is 0 Å². The van der Waals surface area contributed by atoms with Crippen molar-refractivity contribution in [1.82, 2.24) is 0 Å². The highest BCUT2D eigenvalue weighted by Gasteiger charge is 2.07. The lowest BCUT2D eigenvalue weighted by atomic mass is 10.2. The molecule has 0 radical (unpaired) electrons. The summed E-state index contributed by atoms with van der Waals surface area (Å²) in [5, 5.41) is 9.16. The van der Waals surface area contributed by atoms with E-state index in [0.29, 0.717) is 13.2 Å². The molecular weight excluding hydrogens is 216 g/mol. The quantitative estimate of drug-likeness (QED) is 0.671. The second-order valence-electron chi connectivity index (χ2n) is 4.03. The highest BCUT2D eigenvalue weighted by atomic mass is 16.5. The van der Waals surface area contributed by atoms with Crippen LogP contribution in [0.1, 0.15) is 25.3 Å². The largest absolute Gasteiger partial charge is 0.394 e. The van der Waals surface area contributed by atoms with Crippen molar-refractivity contribution in [3.05, 3.63) is 35.9 Å². The van der Waals surface area contributed by atoms with Crippen molar-refractivity contribution >= 4 is 0 Å². The zero-order chi connectivity index (χ0) is 12.3. The first-order valence-electron chi connectivity index (χ1n) is 6.21. The summed E-state index contributed by atoms with van der Waals surface area (Å²) in [6, 6.07) is 9.94. The SMILES string of the molecule is CCCCOC[C@@H](CO)OCc1ccccc1. The molecule has 96 valence electrons. The van der Waals surface area contributed by atoms with Gasteiger partial charge in [0, 0.05) is 6.61 Å². The second-order valence-corrected chi connectivity index (χ2v) is 4.03. The number of hydrogen-bond donors (Lipinski definition) is 1. The van der Waals surface area contributed by atoms with Crippen LogP contribution in [-0.2, 0) is 16.1 Å². The van der Waals surface area contributed by atoms with Crippen molar-refractivity contribution in [1.29, 1.82) is 0 Å². The Bertz CT molecular complexity index is 274. The molecule has 1 aromatic carbocycles. The predicted molar refractivity (Wildman–Crippen MR) is 67.8 cm³/mol. The van der Waals surface area contributed by atoms with Gasteiger partial charge in [-0.05, 0) is 12.0 Å². The third kappa shape index (κ3) is 6.41. The molecule has 0 spiro atoms. The summed E-state index contributed by atoms with van der Waals surface area (Å²) in [5.41, 5.74) is 1.11. The Labute approximate surface area is 103 Å². The molecule has 3 nitrogen and oxygen atoms in total. The maximum atomic E-state index is 9.16. The van der Waals surface area contributed by atoms with Crippen LogP contribution in [0.15, 0.2) is 30.3 Å². The fourth-order valence-electron chi connectivity index (χ4n) is 1.40. The van der Waals surface area contributed by atoms with E-state index in [1.54, 1.807) is 0 Å². The van der Waals surface area contributed by atoms with E-state index in [0.717, 1.165) is 25.0 Å². The van der Waals surface area contributed by atoms with Crippen LogP contribution in [-0.4, -0.2) is 31.0 Å². The van der Waals surface area contributed by atoms with Gasteiger partial charge < -0.3 is 14.6 Å². The lowest BCUT2D eigenvalue weighted by molar-refractivity contribution is -0.0501. The number of rotatable bonds is 9. The van der Waals surface area contributed by atoms with Crippen molar-refractivity contribution in [2.24, 2.45) is 0 Å². The molecule has 1 rings (SSSR count). The molecule has 1 aromatic rings. The van der Waals surface area contributed by atoms with Gasteiger partial charge in [-0.1, -0.05) is 43.7 Å². The molecule has 0 heterocycles. The van der Waals surface area contributed by atoms with Crippen molar-refractivity contribution in [2.75, 3.05) is 19.8 Å². The fraction of sp³-hybridized carbons (Fsp3) is 0.571.